The molecule has 38 heavy (non-hydrogen) atoms. The molecule has 2 aliphatic rings. The summed E-state index contributed by atoms with van der Waals surface area (Å²) < 4.78 is 13.2. The van der Waals surface area contributed by atoms with Gasteiger partial charge in [0.05, 0.1) is 5.60 Å². The molecule has 0 saturated carbocycles. The SMILES string of the molecule is CN(Cc1ccc(OCCN2CCN(C(=O)[C@H]3CCOC(C)(C)C3)CC2)cc1)Cc1cc2ccccc2s1. The molecule has 0 aliphatic carbocycles. The van der Waals surface area contributed by atoms with Crippen LogP contribution in [-0.4, -0.2) is 79.2 Å². The van der Waals surface area contributed by atoms with Crippen LogP contribution in [0.25, 0.3) is 10.1 Å². The Morgan fingerprint density at radius 3 is 2.58 bits per heavy atom. The minimum absolute atomic E-state index is 0.104. The van der Waals surface area contributed by atoms with Gasteiger partial charge in [-0.25, -0.2) is 0 Å². The summed E-state index contributed by atoms with van der Waals surface area (Å²) >= 11 is 1.88. The molecule has 7 heteroatoms. The second kappa shape index (κ2) is 12.2. The van der Waals surface area contributed by atoms with Crippen LogP contribution in [0, 0.1) is 5.92 Å². The summed E-state index contributed by atoms with van der Waals surface area (Å²) in [4.78, 5) is 21.2. The quantitative estimate of drug-likeness (QED) is 0.374. The summed E-state index contributed by atoms with van der Waals surface area (Å²) in [5.41, 5.74) is 1.10. The van der Waals surface area contributed by atoms with Gasteiger partial charge in [0, 0.05) is 67.9 Å². The number of rotatable bonds is 9. The molecule has 2 saturated heterocycles. The van der Waals surface area contributed by atoms with Crippen LogP contribution in [0.3, 0.4) is 0 Å². The summed E-state index contributed by atoms with van der Waals surface area (Å²) in [6.45, 7) is 11.7. The Hall–Kier alpha value is -2.45. The molecule has 0 unspecified atom stereocenters. The number of carbonyl (C=O) groups is 1. The topological polar surface area (TPSA) is 45.2 Å². The molecule has 1 aromatic heterocycles. The van der Waals surface area contributed by atoms with Crippen LogP contribution >= 0.6 is 11.3 Å². The standard InChI is InChI=1S/C31H41N3O3S/c1-31(2)21-26(12-18-37-31)30(35)34-15-13-33(14-16-34)17-19-36-27-10-8-24(9-11-27)22-32(3)23-28-20-25-6-4-5-7-29(25)38-28/h4-11,20,26H,12-19,21-23H2,1-3H3/t26-/m0/s1. The lowest BCUT2D eigenvalue weighted by Gasteiger charge is -2.40. The Morgan fingerprint density at radius 2 is 1.84 bits per heavy atom. The largest absolute Gasteiger partial charge is 0.492 e. The zero-order chi connectivity index (χ0) is 26.5. The molecule has 5 rings (SSSR count). The first kappa shape index (κ1) is 27.1. The third-order valence-corrected chi connectivity index (χ3v) is 8.79. The number of ether oxygens (including phenoxy) is 2. The molecule has 0 bridgehead atoms. The predicted molar refractivity (Wildman–Crippen MR) is 155 cm³/mol. The van der Waals surface area contributed by atoms with E-state index in [1.54, 1.807) is 0 Å². The third kappa shape index (κ3) is 7.14. The fourth-order valence-corrected chi connectivity index (χ4v) is 6.77. The lowest BCUT2D eigenvalue weighted by Crippen LogP contribution is -2.52. The van der Waals surface area contributed by atoms with E-state index in [4.69, 9.17) is 9.47 Å². The molecule has 3 aromatic rings. The molecule has 3 heterocycles. The van der Waals surface area contributed by atoms with Crippen molar-refractivity contribution in [3.63, 3.8) is 0 Å². The summed E-state index contributed by atoms with van der Waals surface area (Å²) in [6, 6.07) is 19.4. The van der Waals surface area contributed by atoms with E-state index in [2.05, 4.69) is 90.2 Å². The molecule has 1 atom stereocenters. The maximum absolute atomic E-state index is 13.0. The first-order chi connectivity index (χ1) is 18.3. The Balaban J connectivity index is 1.00. The van der Waals surface area contributed by atoms with Crippen molar-refractivity contribution in [2.75, 3.05) is 53.0 Å². The molecule has 2 aromatic carbocycles. The van der Waals surface area contributed by atoms with Crippen molar-refractivity contribution in [3.05, 3.63) is 65.0 Å². The zero-order valence-electron chi connectivity index (χ0n) is 23.0. The van der Waals surface area contributed by atoms with Crippen LogP contribution in [0.5, 0.6) is 5.75 Å². The summed E-state index contributed by atoms with van der Waals surface area (Å²) in [5.74, 6) is 1.33. The lowest BCUT2D eigenvalue weighted by atomic mass is 9.87. The second-order valence-corrected chi connectivity index (χ2v) is 12.5. The lowest BCUT2D eigenvalue weighted by molar-refractivity contribution is -0.147. The first-order valence-corrected chi connectivity index (χ1v) is 14.7. The molecule has 0 radical (unpaired) electrons. The predicted octanol–water partition coefficient (Wildman–Crippen LogP) is 5.26. The Morgan fingerprint density at radius 1 is 1.08 bits per heavy atom. The number of amides is 1. The smallest absolute Gasteiger partial charge is 0.225 e. The van der Waals surface area contributed by atoms with E-state index >= 15 is 0 Å². The number of nitrogens with zero attached hydrogens (tertiary/aromatic N) is 3. The molecule has 2 fully saturated rings. The van der Waals surface area contributed by atoms with Gasteiger partial charge in [-0.3, -0.25) is 14.6 Å². The number of hydrogen-bond donors (Lipinski definition) is 0. The van der Waals surface area contributed by atoms with Gasteiger partial charge < -0.3 is 14.4 Å². The third-order valence-electron chi connectivity index (χ3n) is 7.68. The van der Waals surface area contributed by atoms with Crippen molar-refractivity contribution in [1.29, 1.82) is 0 Å². The van der Waals surface area contributed by atoms with Gasteiger partial charge in [-0.05, 0) is 69.0 Å². The van der Waals surface area contributed by atoms with Crippen molar-refractivity contribution in [2.45, 2.75) is 45.4 Å². The van der Waals surface area contributed by atoms with Gasteiger partial charge in [0.25, 0.3) is 0 Å². The van der Waals surface area contributed by atoms with Gasteiger partial charge in [-0.2, -0.15) is 0 Å². The molecular formula is C31H41N3O3S. The van der Waals surface area contributed by atoms with Gasteiger partial charge in [0.1, 0.15) is 12.4 Å². The normalized spacial score (nSPS) is 20.2. The second-order valence-electron chi connectivity index (χ2n) is 11.4. The Labute approximate surface area is 231 Å². The van der Waals surface area contributed by atoms with Crippen LogP contribution < -0.4 is 4.74 Å². The first-order valence-electron chi connectivity index (χ1n) is 13.9. The van der Waals surface area contributed by atoms with Crippen molar-refractivity contribution < 1.29 is 14.3 Å². The average molecular weight is 536 g/mol. The van der Waals surface area contributed by atoms with E-state index in [9.17, 15) is 4.79 Å². The van der Waals surface area contributed by atoms with Gasteiger partial charge in [-0.1, -0.05) is 30.3 Å². The van der Waals surface area contributed by atoms with Gasteiger partial charge in [-0.15, -0.1) is 11.3 Å². The number of thiophene rings is 1. The molecule has 0 spiro atoms. The van der Waals surface area contributed by atoms with Crippen LogP contribution in [0.1, 0.15) is 37.1 Å². The number of fused-ring (bicyclic) bond motifs is 1. The molecule has 6 nitrogen and oxygen atoms in total. The fourth-order valence-electron chi connectivity index (χ4n) is 5.62. The van der Waals surface area contributed by atoms with Crippen LogP contribution in [0.4, 0.5) is 0 Å². The van der Waals surface area contributed by atoms with Crippen molar-refractivity contribution in [1.82, 2.24) is 14.7 Å². The molecule has 1 amide bonds. The van der Waals surface area contributed by atoms with E-state index in [0.717, 1.165) is 64.4 Å². The highest BCUT2D eigenvalue weighted by molar-refractivity contribution is 7.19. The number of piperazine rings is 1. The highest BCUT2D eigenvalue weighted by Gasteiger charge is 2.35. The monoisotopic (exact) mass is 535 g/mol. The van der Waals surface area contributed by atoms with E-state index in [1.807, 2.05) is 11.3 Å². The van der Waals surface area contributed by atoms with Gasteiger partial charge in [0.2, 0.25) is 5.91 Å². The number of hydrogen-bond acceptors (Lipinski definition) is 6. The van der Waals surface area contributed by atoms with Crippen LogP contribution in [0.2, 0.25) is 0 Å². The Kier molecular flexibility index (Phi) is 8.68. The van der Waals surface area contributed by atoms with E-state index in [0.29, 0.717) is 19.1 Å². The molecular weight excluding hydrogens is 494 g/mol. The average Bonchev–Trinajstić information content (AvgIpc) is 3.31. The highest BCUT2D eigenvalue weighted by atomic mass is 32.1. The van der Waals surface area contributed by atoms with Crippen LogP contribution in [0.15, 0.2) is 54.6 Å². The minimum atomic E-state index is -0.189. The van der Waals surface area contributed by atoms with E-state index in [1.165, 1.54) is 20.5 Å². The summed E-state index contributed by atoms with van der Waals surface area (Å²) in [7, 11) is 2.17. The zero-order valence-corrected chi connectivity index (χ0v) is 23.8. The van der Waals surface area contributed by atoms with Crippen molar-refractivity contribution in [3.8, 4) is 5.75 Å². The Bertz CT molecular complexity index is 1170. The van der Waals surface area contributed by atoms with Crippen LogP contribution in [-0.2, 0) is 22.6 Å². The number of benzene rings is 2. The summed E-state index contributed by atoms with van der Waals surface area (Å²) in [6.07, 6.45) is 1.66. The van der Waals surface area contributed by atoms with Gasteiger partial charge >= 0.3 is 0 Å². The maximum Gasteiger partial charge on any atom is 0.225 e. The maximum atomic E-state index is 13.0. The molecule has 0 N–H and O–H groups in total. The summed E-state index contributed by atoms with van der Waals surface area (Å²) in [5, 5.41) is 1.33. The minimum Gasteiger partial charge on any atom is -0.492 e. The van der Waals surface area contributed by atoms with Gasteiger partial charge in [0.15, 0.2) is 0 Å². The molecule has 204 valence electrons. The van der Waals surface area contributed by atoms with E-state index in [-0.39, 0.29) is 11.5 Å². The number of carbonyl (C=O) groups excluding carboxylic acids is 1. The highest BCUT2D eigenvalue weighted by Crippen LogP contribution is 2.30. The molecule has 2 aliphatic heterocycles. The van der Waals surface area contributed by atoms with Crippen molar-refractivity contribution in [2.24, 2.45) is 5.92 Å². The van der Waals surface area contributed by atoms with E-state index < -0.39 is 0 Å². The fraction of sp³-hybridized carbons (Fsp3) is 0.516. The van der Waals surface area contributed by atoms with Crippen molar-refractivity contribution >= 4 is 27.3 Å².